The van der Waals surface area contributed by atoms with E-state index in [0.29, 0.717) is 31.3 Å². The Bertz CT molecular complexity index is 348. The van der Waals surface area contributed by atoms with Gasteiger partial charge in [0, 0.05) is 32.6 Å². The maximum Gasteiger partial charge on any atom is 0.320 e. The highest BCUT2D eigenvalue weighted by molar-refractivity contribution is 5.75. The third-order valence-corrected chi connectivity index (χ3v) is 4.21. The summed E-state index contributed by atoms with van der Waals surface area (Å²) in [6, 6.07) is 0.105. The molecule has 0 bridgehead atoms. The molecule has 2 amide bonds. The summed E-state index contributed by atoms with van der Waals surface area (Å²) in [7, 11) is 0. The van der Waals surface area contributed by atoms with Gasteiger partial charge in [0.25, 0.3) is 0 Å². The van der Waals surface area contributed by atoms with E-state index in [4.69, 9.17) is 10.8 Å². The van der Waals surface area contributed by atoms with Crippen molar-refractivity contribution >= 4 is 12.0 Å². The number of nitrogens with two attached hydrogens (primary N) is 1. The molecule has 2 aliphatic heterocycles. The fourth-order valence-corrected chi connectivity index (χ4v) is 2.97. The Labute approximate surface area is 113 Å². The first kappa shape index (κ1) is 14.1. The minimum atomic E-state index is -0.755. The van der Waals surface area contributed by atoms with E-state index in [2.05, 4.69) is 0 Å². The number of amides is 2. The van der Waals surface area contributed by atoms with Gasteiger partial charge in [0.05, 0.1) is 0 Å². The van der Waals surface area contributed by atoms with Crippen LogP contribution in [0.3, 0.4) is 0 Å². The Morgan fingerprint density at radius 2 is 1.68 bits per heavy atom. The van der Waals surface area contributed by atoms with Crippen LogP contribution in [-0.4, -0.2) is 59.6 Å². The van der Waals surface area contributed by atoms with Crippen molar-refractivity contribution in [2.24, 2.45) is 17.6 Å². The molecule has 0 aromatic heterocycles. The Balaban J connectivity index is 1.77. The molecule has 2 aliphatic rings. The van der Waals surface area contributed by atoms with Crippen LogP contribution in [0, 0.1) is 11.8 Å². The molecule has 2 heterocycles. The minimum absolute atomic E-state index is 0.105. The number of hydrogen-bond donors (Lipinski definition) is 2. The lowest BCUT2D eigenvalue weighted by Crippen LogP contribution is -2.41. The molecule has 0 spiro atoms. The molecule has 6 nitrogen and oxygen atoms in total. The van der Waals surface area contributed by atoms with Crippen LogP contribution in [0.15, 0.2) is 0 Å². The molecule has 0 aromatic rings. The van der Waals surface area contributed by atoms with Gasteiger partial charge in [0.15, 0.2) is 0 Å². The molecular formula is C13H23N3O3. The summed E-state index contributed by atoms with van der Waals surface area (Å²) in [5, 5.41) is 8.68. The van der Waals surface area contributed by atoms with E-state index in [0.717, 1.165) is 32.5 Å². The minimum Gasteiger partial charge on any atom is -0.481 e. The molecule has 0 aromatic carbocycles. The summed E-state index contributed by atoms with van der Waals surface area (Å²) in [5.74, 6) is 0.0254. The van der Waals surface area contributed by atoms with E-state index in [9.17, 15) is 9.59 Å². The summed E-state index contributed by atoms with van der Waals surface area (Å²) in [6.45, 7) is 3.68. The van der Waals surface area contributed by atoms with Crippen LogP contribution in [-0.2, 0) is 4.79 Å². The van der Waals surface area contributed by atoms with Crippen molar-refractivity contribution in [2.45, 2.75) is 25.7 Å². The van der Waals surface area contributed by atoms with Crippen LogP contribution >= 0.6 is 0 Å². The molecule has 108 valence electrons. The average Bonchev–Trinajstić information content (AvgIpc) is 3.04. The quantitative estimate of drug-likeness (QED) is 0.781. The Hall–Kier alpha value is -1.30. The van der Waals surface area contributed by atoms with E-state index in [1.165, 1.54) is 0 Å². The van der Waals surface area contributed by atoms with Crippen molar-refractivity contribution in [1.29, 1.82) is 0 Å². The smallest absolute Gasteiger partial charge is 0.320 e. The lowest BCUT2D eigenvalue weighted by molar-refractivity contribution is -0.137. The number of carboxylic acid groups (broad SMARTS) is 1. The van der Waals surface area contributed by atoms with Gasteiger partial charge in [-0.3, -0.25) is 4.79 Å². The SMILES string of the molecule is NCC1CCN(C(=O)N2CCC(CCC(=O)O)C2)C1. The van der Waals surface area contributed by atoms with Gasteiger partial charge in [0.2, 0.25) is 0 Å². The van der Waals surface area contributed by atoms with Crippen molar-refractivity contribution in [3.05, 3.63) is 0 Å². The molecule has 2 saturated heterocycles. The van der Waals surface area contributed by atoms with Gasteiger partial charge < -0.3 is 20.6 Å². The van der Waals surface area contributed by atoms with E-state index < -0.39 is 5.97 Å². The molecular weight excluding hydrogens is 246 g/mol. The maximum absolute atomic E-state index is 12.3. The van der Waals surface area contributed by atoms with Crippen LogP contribution in [0.2, 0.25) is 0 Å². The fraction of sp³-hybridized carbons (Fsp3) is 0.846. The summed E-state index contributed by atoms with van der Waals surface area (Å²) in [6.07, 6.45) is 2.79. The van der Waals surface area contributed by atoms with Crippen molar-refractivity contribution in [1.82, 2.24) is 9.80 Å². The molecule has 2 atom stereocenters. The van der Waals surface area contributed by atoms with E-state index in [1.807, 2.05) is 9.80 Å². The second kappa shape index (κ2) is 6.23. The van der Waals surface area contributed by atoms with E-state index in [-0.39, 0.29) is 12.5 Å². The molecule has 3 N–H and O–H groups in total. The number of nitrogens with zero attached hydrogens (tertiary/aromatic N) is 2. The Morgan fingerprint density at radius 1 is 1.11 bits per heavy atom. The molecule has 0 saturated carbocycles. The average molecular weight is 269 g/mol. The van der Waals surface area contributed by atoms with E-state index >= 15 is 0 Å². The van der Waals surface area contributed by atoms with Crippen molar-refractivity contribution in [3.63, 3.8) is 0 Å². The number of carbonyl (C=O) groups is 2. The first-order valence-electron chi connectivity index (χ1n) is 7.06. The zero-order valence-electron chi connectivity index (χ0n) is 11.3. The van der Waals surface area contributed by atoms with Gasteiger partial charge in [-0.15, -0.1) is 0 Å². The Kier molecular flexibility index (Phi) is 4.63. The Morgan fingerprint density at radius 3 is 2.21 bits per heavy atom. The second-order valence-corrected chi connectivity index (χ2v) is 5.65. The first-order chi connectivity index (χ1) is 9.10. The number of likely N-dealkylation sites (tertiary alicyclic amines) is 2. The molecule has 0 radical (unpaired) electrons. The molecule has 6 heteroatoms. The number of urea groups is 1. The van der Waals surface area contributed by atoms with Gasteiger partial charge in [-0.25, -0.2) is 4.79 Å². The van der Waals surface area contributed by atoms with Crippen molar-refractivity contribution in [3.8, 4) is 0 Å². The van der Waals surface area contributed by atoms with Crippen molar-refractivity contribution < 1.29 is 14.7 Å². The summed E-state index contributed by atoms with van der Waals surface area (Å²) in [4.78, 5) is 26.6. The van der Waals surface area contributed by atoms with Gasteiger partial charge in [-0.2, -0.15) is 0 Å². The number of hydrogen-bond acceptors (Lipinski definition) is 3. The zero-order valence-corrected chi connectivity index (χ0v) is 11.3. The maximum atomic E-state index is 12.3. The number of rotatable bonds is 4. The highest BCUT2D eigenvalue weighted by atomic mass is 16.4. The van der Waals surface area contributed by atoms with Crippen LogP contribution in [0.1, 0.15) is 25.7 Å². The highest BCUT2D eigenvalue weighted by Crippen LogP contribution is 2.24. The summed E-state index contributed by atoms with van der Waals surface area (Å²) >= 11 is 0. The third-order valence-electron chi connectivity index (χ3n) is 4.21. The van der Waals surface area contributed by atoms with Crippen LogP contribution < -0.4 is 5.73 Å². The molecule has 2 fully saturated rings. The fourth-order valence-electron chi connectivity index (χ4n) is 2.97. The van der Waals surface area contributed by atoms with Gasteiger partial charge >= 0.3 is 12.0 Å². The lowest BCUT2D eigenvalue weighted by Gasteiger charge is -2.24. The lowest BCUT2D eigenvalue weighted by atomic mass is 10.0. The predicted molar refractivity (Wildman–Crippen MR) is 70.7 cm³/mol. The number of aliphatic carboxylic acids is 1. The van der Waals surface area contributed by atoms with E-state index in [1.54, 1.807) is 0 Å². The normalized spacial score (nSPS) is 27.0. The topological polar surface area (TPSA) is 86.9 Å². The second-order valence-electron chi connectivity index (χ2n) is 5.65. The zero-order chi connectivity index (χ0) is 13.8. The summed E-state index contributed by atoms with van der Waals surface area (Å²) < 4.78 is 0. The van der Waals surface area contributed by atoms with Crippen LogP contribution in [0.25, 0.3) is 0 Å². The highest BCUT2D eigenvalue weighted by Gasteiger charge is 2.32. The predicted octanol–water partition coefficient (Wildman–Crippen LogP) is 0.574. The number of carboxylic acids is 1. The monoisotopic (exact) mass is 269 g/mol. The number of carbonyl (C=O) groups excluding carboxylic acids is 1. The van der Waals surface area contributed by atoms with Gasteiger partial charge in [-0.05, 0) is 37.6 Å². The van der Waals surface area contributed by atoms with Gasteiger partial charge in [0.1, 0.15) is 0 Å². The standard InChI is InChI=1S/C13H23N3O3/c14-7-11-4-6-16(9-11)13(19)15-5-3-10(8-15)1-2-12(17)18/h10-11H,1-9,14H2,(H,17,18). The molecule has 0 aliphatic carbocycles. The van der Waals surface area contributed by atoms with Gasteiger partial charge in [-0.1, -0.05) is 0 Å². The van der Waals surface area contributed by atoms with Crippen molar-refractivity contribution in [2.75, 3.05) is 32.7 Å². The molecule has 2 rings (SSSR count). The molecule has 19 heavy (non-hydrogen) atoms. The third kappa shape index (κ3) is 3.59. The molecule has 2 unspecified atom stereocenters. The largest absolute Gasteiger partial charge is 0.481 e. The van der Waals surface area contributed by atoms with Crippen LogP contribution in [0.4, 0.5) is 4.79 Å². The first-order valence-corrected chi connectivity index (χ1v) is 7.06. The van der Waals surface area contributed by atoms with Crippen LogP contribution in [0.5, 0.6) is 0 Å². The summed E-state index contributed by atoms with van der Waals surface area (Å²) in [5.41, 5.74) is 5.63.